The van der Waals surface area contributed by atoms with E-state index in [1.54, 1.807) is 0 Å². The molecule has 1 aliphatic heterocycles. The Kier molecular flexibility index (Phi) is 1.26. The molecular formula is C8H13O. The van der Waals surface area contributed by atoms with E-state index in [9.17, 15) is 0 Å². The van der Waals surface area contributed by atoms with E-state index >= 15 is 0 Å². The Balaban J connectivity index is 2.04. The van der Waals surface area contributed by atoms with Crippen LogP contribution in [0.25, 0.3) is 0 Å². The second kappa shape index (κ2) is 1.98. The molecule has 1 saturated heterocycles. The summed E-state index contributed by atoms with van der Waals surface area (Å²) in [5.74, 6) is 0. The summed E-state index contributed by atoms with van der Waals surface area (Å²) in [6.45, 7) is 1.99. The maximum atomic E-state index is 5.58. The van der Waals surface area contributed by atoms with E-state index < -0.39 is 0 Å². The van der Waals surface area contributed by atoms with Gasteiger partial charge >= 0.3 is 0 Å². The highest BCUT2D eigenvalue weighted by Gasteiger charge is 2.37. The van der Waals surface area contributed by atoms with Gasteiger partial charge < -0.3 is 4.74 Å². The minimum Gasteiger partial charge on any atom is -0.369 e. The standard InChI is InChI=1S/C8H13O/c1-2-5-8(4-1)6-3-7-9-8/h7H,1-6H2. The Morgan fingerprint density at radius 2 is 1.89 bits per heavy atom. The van der Waals surface area contributed by atoms with Gasteiger partial charge in [0, 0.05) is 0 Å². The van der Waals surface area contributed by atoms with Crippen molar-refractivity contribution < 1.29 is 4.74 Å². The van der Waals surface area contributed by atoms with Crippen LogP contribution in [0.1, 0.15) is 38.5 Å². The van der Waals surface area contributed by atoms with Crippen LogP contribution in [0.2, 0.25) is 0 Å². The highest BCUT2D eigenvalue weighted by Crippen LogP contribution is 2.41. The average Bonchev–Trinajstić information content (AvgIpc) is 2.45. The summed E-state index contributed by atoms with van der Waals surface area (Å²) in [5.41, 5.74) is 0.333. The maximum absolute atomic E-state index is 5.58. The van der Waals surface area contributed by atoms with Crippen molar-refractivity contribution in [1.82, 2.24) is 0 Å². The lowest BCUT2D eigenvalue weighted by Gasteiger charge is -2.20. The van der Waals surface area contributed by atoms with Crippen LogP contribution in [0.5, 0.6) is 0 Å². The van der Waals surface area contributed by atoms with Gasteiger partial charge in [0.25, 0.3) is 0 Å². The van der Waals surface area contributed by atoms with Crippen molar-refractivity contribution in [3.63, 3.8) is 0 Å². The van der Waals surface area contributed by atoms with Gasteiger partial charge in [-0.1, -0.05) is 12.8 Å². The second-order valence-electron chi connectivity index (χ2n) is 3.21. The summed E-state index contributed by atoms with van der Waals surface area (Å²) >= 11 is 0. The molecule has 9 heavy (non-hydrogen) atoms. The predicted molar refractivity (Wildman–Crippen MR) is 35.8 cm³/mol. The molecule has 0 aromatic heterocycles. The van der Waals surface area contributed by atoms with Crippen molar-refractivity contribution in [2.75, 3.05) is 0 Å². The summed E-state index contributed by atoms with van der Waals surface area (Å²) in [7, 11) is 0. The molecule has 51 valence electrons. The molecule has 0 unspecified atom stereocenters. The molecule has 2 aliphatic rings. The van der Waals surface area contributed by atoms with E-state index in [0.717, 1.165) is 0 Å². The largest absolute Gasteiger partial charge is 0.369 e. The lowest BCUT2D eigenvalue weighted by Crippen LogP contribution is -2.21. The van der Waals surface area contributed by atoms with Crippen molar-refractivity contribution in [3.8, 4) is 0 Å². The molecule has 2 fully saturated rings. The molecule has 1 heterocycles. The van der Waals surface area contributed by atoms with Crippen molar-refractivity contribution >= 4 is 0 Å². The van der Waals surface area contributed by atoms with Crippen molar-refractivity contribution in [3.05, 3.63) is 6.61 Å². The first-order valence-electron chi connectivity index (χ1n) is 3.91. The molecule has 0 aromatic carbocycles. The van der Waals surface area contributed by atoms with Crippen molar-refractivity contribution in [2.45, 2.75) is 44.1 Å². The third kappa shape index (κ3) is 0.877. The first-order chi connectivity index (χ1) is 4.41. The average molecular weight is 125 g/mol. The van der Waals surface area contributed by atoms with Gasteiger partial charge in [-0.2, -0.15) is 0 Å². The fourth-order valence-electron chi connectivity index (χ4n) is 2.00. The molecule has 1 aliphatic carbocycles. The van der Waals surface area contributed by atoms with Crippen LogP contribution in [-0.2, 0) is 4.74 Å². The Labute approximate surface area is 56.4 Å². The quantitative estimate of drug-likeness (QED) is 0.482. The smallest absolute Gasteiger partial charge is 0.0845 e. The lowest BCUT2D eigenvalue weighted by atomic mass is 9.99. The SMILES string of the molecule is [CH]1CCC2(CCCC2)O1. The van der Waals surface area contributed by atoms with Gasteiger partial charge in [-0.25, -0.2) is 0 Å². The van der Waals surface area contributed by atoms with E-state index in [1.807, 2.05) is 6.61 Å². The molecule has 1 spiro atoms. The molecule has 0 bridgehead atoms. The van der Waals surface area contributed by atoms with Crippen LogP contribution in [0.4, 0.5) is 0 Å². The molecule has 1 radical (unpaired) electrons. The van der Waals surface area contributed by atoms with Gasteiger partial charge in [-0.3, -0.25) is 0 Å². The minimum atomic E-state index is 0.333. The third-order valence-electron chi connectivity index (χ3n) is 2.57. The molecule has 0 aromatic rings. The molecule has 1 saturated carbocycles. The predicted octanol–water partition coefficient (Wildman–Crippen LogP) is 2.27. The zero-order valence-corrected chi connectivity index (χ0v) is 5.73. The topological polar surface area (TPSA) is 9.23 Å². The zero-order chi connectivity index (χ0) is 6.16. The highest BCUT2D eigenvalue weighted by atomic mass is 16.5. The molecule has 1 heteroatoms. The Morgan fingerprint density at radius 1 is 1.11 bits per heavy atom. The fourth-order valence-corrected chi connectivity index (χ4v) is 2.00. The maximum Gasteiger partial charge on any atom is 0.0845 e. The molecule has 0 N–H and O–H groups in total. The summed E-state index contributed by atoms with van der Waals surface area (Å²) in [6.07, 6.45) is 7.85. The van der Waals surface area contributed by atoms with Gasteiger partial charge in [0.2, 0.25) is 0 Å². The minimum absolute atomic E-state index is 0.333. The van der Waals surface area contributed by atoms with Crippen LogP contribution in [-0.4, -0.2) is 5.60 Å². The summed E-state index contributed by atoms with van der Waals surface area (Å²) < 4.78 is 5.58. The van der Waals surface area contributed by atoms with Crippen LogP contribution >= 0.6 is 0 Å². The number of ether oxygens (including phenoxy) is 1. The Bertz CT molecular complexity index is 79.6. The van der Waals surface area contributed by atoms with E-state index in [0.29, 0.717) is 5.60 Å². The van der Waals surface area contributed by atoms with Crippen LogP contribution < -0.4 is 0 Å². The molecule has 2 rings (SSSR count). The van der Waals surface area contributed by atoms with E-state index in [1.165, 1.54) is 38.5 Å². The van der Waals surface area contributed by atoms with E-state index in [4.69, 9.17) is 4.74 Å². The Morgan fingerprint density at radius 3 is 2.44 bits per heavy atom. The monoisotopic (exact) mass is 125 g/mol. The Hall–Kier alpha value is -0.0400. The van der Waals surface area contributed by atoms with E-state index in [2.05, 4.69) is 0 Å². The normalized spacial score (nSPS) is 32.0. The molecule has 0 atom stereocenters. The van der Waals surface area contributed by atoms with Gasteiger partial charge in [0.15, 0.2) is 0 Å². The summed E-state index contributed by atoms with van der Waals surface area (Å²) in [6, 6.07) is 0. The lowest BCUT2D eigenvalue weighted by molar-refractivity contribution is 0.0412. The van der Waals surface area contributed by atoms with Crippen LogP contribution in [0, 0.1) is 6.61 Å². The number of hydrogen-bond acceptors (Lipinski definition) is 1. The first kappa shape index (κ1) is 5.72. The third-order valence-corrected chi connectivity index (χ3v) is 2.57. The molecule has 0 amide bonds. The zero-order valence-electron chi connectivity index (χ0n) is 5.73. The van der Waals surface area contributed by atoms with Crippen molar-refractivity contribution in [1.29, 1.82) is 0 Å². The van der Waals surface area contributed by atoms with Crippen LogP contribution in [0.3, 0.4) is 0 Å². The summed E-state index contributed by atoms with van der Waals surface area (Å²) in [5, 5.41) is 0. The molecule has 1 nitrogen and oxygen atoms in total. The van der Waals surface area contributed by atoms with Crippen molar-refractivity contribution in [2.24, 2.45) is 0 Å². The van der Waals surface area contributed by atoms with Gasteiger partial charge in [0.05, 0.1) is 12.2 Å². The number of hydrogen-bond donors (Lipinski definition) is 0. The van der Waals surface area contributed by atoms with Gasteiger partial charge in [-0.15, -0.1) is 0 Å². The molecular weight excluding hydrogens is 112 g/mol. The highest BCUT2D eigenvalue weighted by molar-refractivity contribution is 4.92. The first-order valence-corrected chi connectivity index (χ1v) is 3.91. The second-order valence-corrected chi connectivity index (χ2v) is 3.21. The van der Waals surface area contributed by atoms with E-state index in [-0.39, 0.29) is 0 Å². The fraction of sp³-hybridized carbons (Fsp3) is 0.875. The van der Waals surface area contributed by atoms with Gasteiger partial charge in [0.1, 0.15) is 0 Å². The van der Waals surface area contributed by atoms with Crippen LogP contribution in [0.15, 0.2) is 0 Å². The van der Waals surface area contributed by atoms with Gasteiger partial charge in [-0.05, 0) is 25.7 Å². The number of rotatable bonds is 0. The summed E-state index contributed by atoms with van der Waals surface area (Å²) in [4.78, 5) is 0.